The lowest BCUT2D eigenvalue weighted by Crippen LogP contribution is -2.32. The molecule has 0 radical (unpaired) electrons. The molecule has 2 heterocycles. The highest BCUT2D eigenvalue weighted by molar-refractivity contribution is 5.94. The third kappa shape index (κ3) is 2.80. The van der Waals surface area contributed by atoms with Gasteiger partial charge in [-0.3, -0.25) is 9.89 Å². The van der Waals surface area contributed by atoms with Crippen LogP contribution < -0.4 is 5.32 Å². The summed E-state index contributed by atoms with van der Waals surface area (Å²) in [6.45, 7) is -0.275. The van der Waals surface area contributed by atoms with Gasteiger partial charge in [0.2, 0.25) is 0 Å². The summed E-state index contributed by atoms with van der Waals surface area (Å²) in [5.41, 5.74) is 3.41. The Morgan fingerprint density at radius 2 is 2.16 bits per heavy atom. The molecule has 0 unspecified atom stereocenters. The number of fused-ring (bicyclic) bond motifs is 1. The number of H-pyrrole nitrogens is 1. The highest BCUT2D eigenvalue weighted by Gasteiger charge is 2.28. The number of hydrogen-bond acceptors (Lipinski definition) is 5. The molecule has 1 atom stereocenters. The van der Waals surface area contributed by atoms with E-state index in [4.69, 9.17) is 0 Å². The van der Waals surface area contributed by atoms with Crippen molar-refractivity contribution < 1.29 is 9.90 Å². The number of benzene rings is 1. The Labute approximate surface area is 143 Å². The average molecular weight is 338 g/mol. The fraction of sp³-hybridized carbons (Fsp3) is 0.294. The number of para-hydroxylation sites is 1. The van der Waals surface area contributed by atoms with Crippen molar-refractivity contribution in [3.05, 3.63) is 59.4 Å². The Morgan fingerprint density at radius 3 is 2.88 bits per heavy atom. The number of nitrogens with zero attached hydrogens (tertiary/aromatic N) is 4. The van der Waals surface area contributed by atoms with Gasteiger partial charge in [0, 0.05) is 11.3 Å². The number of aromatic amines is 1. The Morgan fingerprint density at radius 1 is 1.32 bits per heavy atom. The first-order chi connectivity index (χ1) is 12.3. The first-order valence-corrected chi connectivity index (χ1v) is 8.21. The van der Waals surface area contributed by atoms with Crippen molar-refractivity contribution in [1.82, 2.24) is 30.3 Å². The van der Waals surface area contributed by atoms with E-state index >= 15 is 0 Å². The van der Waals surface area contributed by atoms with Crippen LogP contribution in [0.3, 0.4) is 0 Å². The molecule has 1 aromatic carbocycles. The van der Waals surface area contributed by atoms with Gasteiger partial charge in [0.25, 0.3) is 5.91 Å². The monoisotopic (exact) mass is 338 g/mol. The molecule has 0 saturated heterocycles. The van der Waals surface area contributed by atoms with E-state index in [1.165, 1.54) is 6.33 Å². The van der Waals surface area contributed by atoms with Crippen molar-refractivity contribution >= 4 is 5.91 Å². The Bertz CT molecular complexity index is 872. The Balaban J connectivity index is 1.65. The Hall–Kier alpha value is -3.00. The maximum atomic E-state index is 12.8. The lowest BCUT2D eigenvalue weighted by atomic mass is 10.2. The van der Waals surface area contributed by atoms with Crippen molar-refractivity contribution in [2.45, 2.75) is 25.3 Å². The first-order valence-electron chi connectivity index (χ1n) is 8.21. The fourth-order valence-electron chi connectivity index (χ4n) is 3.21. The van der Waals surface area contributed by atoms with Crippen LogP contribution in [0.1, 0.15) is 40.0 Å². The summed E-state index contributed by atoms with van der Waals surface area (Å²) in [5, 5.41) is 23.3. The van der Waals surface area contributed by atoms with Crippen molar-refractivity contribution in [3.63, 3.8) is 0 Å². The van der Waals surface area contributed by atoms with E-state index < -0.39 is 6.04 Å². The summed E-state index contributed by atoms with van der Waals surface area (Å²) in [5.74, 6) is 0.0956. The number of rotatable bonds is 5. The van der Waals surface area contributed by atoms with Crippen LogP contribution in [0.4, 0.5) is 0 Å². The SMILES string of the molecule is O=C(N[C@H](CO)c1ncn[nH]1)c1nn(-c2ccccc2)c2c1CCC2. The van der Waals surface area contributed by atoms with Crippen LogP contribution in [0.15, 0.2) is 36.7 Å². The first kappa shape index (κ1) is 15.5. The minimum absolute atomic E-state index is 0.275. The lowest BCUT2D eigenvalue weighted by molar-refractivity contribution is 0.0906. The quantitative estimate of drug-likeness (QED) is 0.641. The van der Waals surface area contributed by atoms with Crippen molar-refractivity contribution in [2.75, 3.05) is 6.61 Å². The Kier molecular flexibility index (Phi) is 4.02. The third-order valence-corrected chi connectivity index (χ3v) is 4.40. The maximum absolute atomic E-state index is 12.8. The second kappa shape index (κ2) is 6.48. The van der Waals surface area contributed by atoms with E-state index in [1.54, 1.807) is 0 Å². The van der Waals surface area contributed by atoms with Gasteiger partial charge in [0.1, 0.15) is 18.2 Å². The number of nitrogens with one attached hydrogen (secondary N) is 2. The summed E-state index contributed by atoms with van der Waals surface area (Å²) < 4.78 is 1.85. The summed E-state index contributed by atoms with van der Waals surface area (Å²) in [7, 11) is 0. The molecule has 25 heavy (non-hydrogen) atoms. The number of carbonyl (C=O) groups excluding carboxylic acids is 1. The topological polar surface area (TPSA) is 109 Å². The lowest BCUT2D eigenvalue weighted by Gasteiger charge is -2.12. The number of amides is 1. The molecule has 0 fully saturated rings. The number of aromatic nitrogens is 5. The smallest absolute Gasteiger partial charge is 0.272 e. The van der Waals surface area contributed by atoms with Crippen LogP contribution in [0.25, 0.3) is 5.69 Å². The largest absolute Gasteiger partial charge is 0.394 e. The van der Waals surface area contributed by atoms with Crippen LogP contribution in [0.2, 0.25) is 0 Å². The molecule has 4 rings (SSSR count). The van der Waals surface area contributed by atoms with Crippen LogP contribution in [-0.2, 0) is 12.8 Å². The van der Waals surface area contributed by atoms with Gasteiger partial charge >= 0.3 is 0 Å². The van der Waals surface area contributed by atoms with Crippen molar-refractivity contribution in [2.24, 2.45) is 0 Å². The van der Waals surface area contributed by atoms with Gasteiger partial charge in [-0.25, -0.2) is 9.67 Å². The van der Waals surface area contributed by atoms with E-state index in [2.05, 4.69) is 25.6 Å². The molecule has 1 aliphatic rings. The molecule has 0 bridgehead atoms. The predicted octanol–water partition coefficient (Wildman–Crippen LogP) is 0.942. The highest BCUT2D eigenvalue weighted by Crippen LogP contribution is 2.28. The highest BCUT2D eigenvalue weighted by atomic mass is 16.3. The standard InChI is InChI=1S/C17H18N6O2/c24-9-13(16-18-10-19-21-16)20-17(25)15-12-7-4-8-14(12)23(22-15)11-5-2-1-3-6-11/h1-3,5-6,10,13,24H,4,7-9H2,(H,20,25)(H,18,19,21)/t13-/m1/s1. The van der Waals surface area contributed by atoms with Gasteiger partial charge in [0.15, 0.2) is 5.69 Å². The van der Waals surface area contributed by atoms with E-state index in [1.807, 2.05) is 35.0 Å². The number of carbonyl (C=O) groups is 1. The number of aliphatic hydroxyl groups is 1. The van der Waals surface area contributed by atoms with Gasteiger partial charge < -0.3 is 10.4 Å². The van der Waals surface area contributed by atoms with Crippen LogP contribution >= 0.6 is 0 Å². The molecule has 3 N–H and O–H groups in total. The normalized spacial score (nSPS) is 14.3. The summed E-state index contributed by atoms with van der Waals surface area (Å²) >= 11 is 0. The molecular weight excluding hydrogens is 320 g/mol. The van der Waals surface area contributed by atoms with E-state index in [0.717, 1.165) is 36.2 Å². The van der Waals surface area contributed by atoms with Gasteiger partial charge in [-0.15, -0.1) is 0 Å². The van der Waals surface area contributed by atoms with Crippen LogP contribution in [0.5, 0.6) is 0 Å². The molecule has 3 aromatic rings. The van der Waals surface area contributed by atoms with Gasteiger partial charge in [0.05, 0.1) is 12.3 Å². The van der Waals surface area contributed by atoms with Gasteiger partial charge in [-0.1, -0.05) is 18.2 Å². The predicted molar refractivity (Wildman–Crippen MR) is 89.3 cm³/mol. The second-order valence-corrected chi connectivity index (χ2v) is 5.95. The second-order valence-electron chi connectivity index (χ2n) is 5.95. The summed E-state index contributed by atoms with van der Waals surface area (Å²) in [6, 6.07) is 9.14. The molecule has 0 aliphatic heterocycles. The number of aliphatic hydroxyl groups excluding tert-OH is 1. The van der Waals surface area contributed by atoms with E-state index in [9.17, 15) is 9.90 Å². The fourth-order valence-corrected chi connectivity index (χ4v) is 3.21. The molecule has 0 spiro atoms. The molecule has 2 aromatic heterocycles. The summed E-state index contributed by atoms with van der Waals surface area (Å²) in [4.78, 5) is 16.7. The summed E-state index contributed by atoms with van der Waals surface area (Å²) in [6.07, 6.45) is 4.07. The van der Waals surface area contributed by atoms with Crippen LogP contribution in [0, 0.1) is 0 Å². The van der Waals surface area contributed by atoms with Crippen molar-refractivity contribution in [3.8, 4) is 5.69 Å². The van der Waals surface area contributed by atoms with Crippen molar-refractivity contribution in [1.29, 1.82) is 0 Å². The van der Waals surface area contributed by atoms with Crippen LogP contribution in [-0.4, -0.2) is 42.6 Å². The number of hydrogen-bond donors (Lipinski definition) is 3. The molecule has 1 amide bonds. The minimum Gasteiger partial charge on any atom is -0.394 e. The molecule has 8 heteroatoms. The van der Waals surface area contributed by atoms with E-state index in [-0.39, 0.29) is 12.5 Å². The van der Waals surface area contributed by atoms with E-state index in [0.29, 0.717) is 11.5 Å². The van der Waals surface area contributed by atoms with Gasteiger partial charge in [-0.2, -0.15) is 10.2 Å². The molecule has 8 nitrogen and oxygen atoms in total. The zero-order chi connectivity index (χ0) is 17.2. The maximum Gasteiger partial charge on any atom is 0.272 e. The molecular formula is C17H18N6O2. The van der Waals surface area contributed by atoms with Gasteiger partial charge in [-0.05, 0) is 31.4 Å². The zero-order valence-electron chi connectivity index (χ0n) is 13.5. The zero-order valence-corrected chi connectivity index (χ0v) is 13.5. The molecule has 128 valence electrons. The molecule has 1 aliphatic carbocycles. The minimum atomic E-state index is -0.645. The average Bonchev–Trinajstić information content (AvgIpc) is 3.37. The third-order valence-electron chi connectivity index (χ3n) is 4.40. The molecule has 0 saturated carbocycles.